The Bertz CT molecular complexity index is 1080. The lowest BCUT2D eigenvalue weighted by molar-refractivity contribution is -0.136. The number of carbonyl (C=O) groups excluding carboxylic acids is 1. The second-order valence-electron chi connectivity index (χ2n) is 8.39. The Labute approximate surface area is 187 Å². The molecule has 3 aromatic rings. The normalized spacial score (nSPS) is 19.3. The summed E-state index contributed by atoms with van der Waals surface area (Å²) in [4.78, 5) is 33.0. The maximum atomic E-state index is 13.3. The summed E-state index contributed by atoms with van der Waals surface area (Å²) >= 11 is 0. The number of rotatable bonds is 4. The van der Waals surface area contributed by atoms with Crippen molar-refractivity contribution in [3.63, 3.8) is 0 Å². The first kappa shape index (κ1) is 20.5. The zero-order valence-corrected chi connectivity index (χ0v) is 18.4. The predicted octanol–water partition coefficient (Wildman–Crippen LogP) is 2.60. The molecule has 2 aliphatic rings. The van der Waals surface area contributed by atoms with Gasteiger partial charge in [0.1, 0.15) is 11.3 Å². The molecule has 0 aliphatic carbocycles. The molecule has 0 unspecified atom stereocenters. The molecule has 2 aromatic heterocycles. The van der Waals surface area contributed by atoms with E-state index in [0.29, 0.717) is 5.65 Å². The monoisotopic (exact) mass is 432 g/mol. The largest absolute Gasteiger partial charge is 0.497 e. The molecule has 166 valence electrons. The summed E-state index contributed by atoms with van der Waals surface area (Å²) in [5.74, 6) is 1.16. The van der Waals surface area contributed by atoms with E-state index >= 15 is 0 Å². The van der Waals surface area contributed by atoms with Crippen molar-refractivity contribution in [1.82, 2.24) is 19.9 Å². The van der Waals surface area contributed by atoms with E-state index in [-0.39, 0.29) is 11.8 Å². The van der Waals surface area contributed by atoms with Gasteiger partial charge < -0.3 is 19.4 Å². The summed E-state index contributed by atoms with van der Waals surface area (Å²) in [7, 11) is 1.68. The first-order chi connectivity index (χ1) is 15.7. The molecule has 4 heterocycles. The van der Waals surface area contributed by atoms with Crippen molar-refractivity contribution in [3.05, 3.63) is 48.9 Å². The highest BCUT2D eigenvalue weighted by Gasteiger charge is 2.31. The third-order valence-electron chi connectivity index (χ3n) is 6.47. The number of anilines is 2. The highest BCUT2D eigenvalue weighted by Crippen LogP contribution is 2.26. The molecule has 2 fully saturated rings. The third-order valence-corrected chi connectivity index (χ3v) is 6.47. The van der Waals surface area contributed by atoms with E-state index in [9.17, 15) is 4.79 Å². The number of pyridine rings is 1. The van der Waals surface area contributed by atoms with Crippen LogP contribution in [0.5, 0.6) is 5.75 Å². The van der Waals surface area contributed by atoms with Crippen LogP contribution in [0.25, 0.3) is 11.2 Å². The Morgan fingerprint density at radius 1 is 0.938 bits per heavy atom. The smallest absolute Gasteiger partial charge is 0.227 e. The van der Waals surface area contributed by atoms with Crippen LogP contribution in [0.15, 0.2) is 48.9 Å². The van der Waals surface area contributed by atoms with Crippen LogP contribution in [-0.4, -0.2) is 72.1 Å². The summed E-state index contributed by atoms with van der Waals surface area (Å²) < 4.78 is 5.25. The average Bonchev–Trinajstić information content (AvgIpc) is 2.88. The van der Waals surface area contributed by atoms with Gasteiger partial charge in [0, 0.05) is 57.3 Å². The number of fused-ring (bicyclic) bond motifs is 1. The van der Waals surface area contributed by atoms with Gasteiger partial charge in [-0.15, -0.1) is 0 Å². The predicted molar refractivity (Wildman–Crippen MR) is 124 cm³/mol. The molecule has 1 amide bonds. The fourth-order valence-electron chi connectivity index (χ4n) is 4.67. The molecule has 0 bridgehead atoms. The van der Waals surface area contributed by atoms with Gasteiger partial charge in [0.2, 0.25) is 5.91 Å². The quantitative estimate of drug-likeness (QED) is 0.627. The minimum absolute atomic E-state index is 0.0221. The second-order valence-corrected chi connectivity index (χ2v) is 8.39. The van der Waals surface area contributed by atoms with Crippen LogP contribution in [0, 0.1) is 5.92 Å². The van der Waals surface area contributed by atoms with Gasteiger partial charge in [0.05, 0.1) is 24.9 Å². The van der Waals surface area contributed by atoms with Crippen LogP contribution in [0.3, 0.4) is 0 Å². The van der Waals surface area contributed by atoms with Gasteiger partial charge in [-0.2, -0.15) is 0 Å². The van der Waals surface area contributed by atoms with Gasteiger partial charge in [-0.3, -0.25) is 9.78 Å². The highest BCUT2D eigenvalue weighted by molar-refractivity contribution is 5.80. The maximum absolute atomic E-state index is 13.3. The molecular formula is C24H28N6O2. The van der Waals surface area contributed by atoms with Gasteiger partial charge >= 0.3 is 0 Å². The molecule has 2 aliphatic heterocycles. The molecule has 0 spiro atoms. The van der Waals surface area contributed by atoms with E-state index < -0.39 is 0 Å². The molecule has 8 nitrogen and oxygen atoms in total. The minimum Gasteiger partial charge on any atom is -0.497 e. The number of ether oxygens (including phenoxy) is 1. The number of nitrogens with zero attached hydrogens (tertiary/aromatic N) is 6. The Kier molecular flexibility index (Phi) is 5.75. The van der Waals surface area contributed by atoms with Crippen molar-refractivity contribution in [1.29, 1.82) is 0 Å². The number of amides is 1. The Balaban J connectivity index is 1.20. The van der Waals surface area contributed by atoms with Crippen molar-refractivity contribution in [2.24, 2.45) is 5.92 Å². The van der Waals surface area contributed by atoms with Gasteiger partial charge in [-0.1, -0.05) is 0 Å². The molecule has 32 heavy (non-hydrogen) atoms. The maximum Gasteiger partial charge on any atom is 0.227 e. The van der Waals surface area contributed by atoms with E-state index in [1.165, 1.54) is 5.69 Å². The average molecular weight is 433 g/mol. The van der Waals surface area contributed by atoms with Gasteiger partial charge in [0.25, 0.3) is 0 Å². The standard InChI is InChI=1S/C24H28N6O2/c1-32-21-6-4-19(5-7-21)28-11-13-29(14-12-28)24(31)18-3-2-10-30(17-18)20-15-22-23(27-16-20)26-9-8-25-22/h4-9,15-16,18H,2-3,10-14,17H2,1H3/t18-/m1/s1. The summed E-state index contributed by atoms with van der Waals surface area (Å²) in [6.45, 7) is 4.87. The van der Waals surface area contributed by atoms with Crippen LogP contribution in [0.1, 0.15) is 12.8 Å². The van der Waals surface area contributed by atoms with E-state index in [2.05, 4.69) is 36.9 Å². The van der Waals surface area contributed by atoms with Crippen molar-refractivity contribution in [3.8, 4) is 5.75 Å². The Morgan fingerprint density at radius 3 is 2.50 bits per heavy atom. The zero-order valence-electron chi connectivity index (χ0n) is 18.4. The first-order valence-corrected chi connectivity index (χ1v) is 11.2. The lowest BCUT2D eigenvalue weighted by Gasteiger charge is -2.40. The number of hydrogen-bond acceptors (Lipinski definition) is 7. The molecular weight excluding hydrogens is 404 g/mol. The van der Waals surface area contributed by atoms with Crippen molar-refractivity contribution >= 4 is 28.4 Å². The van der Waals surface area contributed by atoms with Gasteiger partial charge in [-0.25, -0.2) is 9.97 Å². The number of methoxy groups -OCH3 is 1. The van der Waals surface area contributed by atoms with E-state index in [1.807, 2.05) is 29.3 Å². The Morgan fingerprint density at radius 2 is 1.72 bits per heavy atom. The topological polar surface area (TPSA) is 74.7 Å². The number of piperidine rings is 1. The van der Waals surface area contributed by atoms with Crippen LogP contribution in [0.4, 0.5) is 11.4 Å². The highest BCUT2D eigenvalue weighted by atomic mass is 16.5. The fraction of sp³-hybridized carbons (Fsp3) is 0.417. The third kappa shape index (κ3) is 4.17. The lowest BCUT2D eigenvalue weighted by Crippen LogP contribution is -2.52. The molecule has 0 saturated carbocycles. The van der Waals surface area contributed by atoms with Crippen molar-refractivity contribution in [2.45, 2.75) is 12.8 Å². The number of hydrogen-bond donors (Lipinski definition) is 0. The number of piperazine rings is 1. The zero-order chi connectivity index (χ0) is 21.9. The number of benzene rings is 1. The summed E-state index contributed by atoms with van der Waals surface area (Å²) in [6.07, 6.45) is 7.12. The number of aromatic nitrogens is 3. The summed E-state index contributed by atoms with van der Waals surface area (Å²) in [5.41, 5.74) is 3.62. The van der Waals surface area contributed by atoms with Gasteiger partial charge in [0.15, 0.2) is 5.65 Å². The molecule has 0 radical (unpaired) electrons. The van der Waals surface area contributed by atoms with E-state index in [4.69, 9.17) is 4.74 Å². The molecule has 1 aromatic carbocycles. The van der Waals surface area contributed by atoms with E-state index in [1.54, 1.807) is 19.5 Å². The molecule has 8 heteroatoms. The molecule has 2 saturated heterocycles. The first-order valence-electron chi connectivity index (χ1n) is 11.2. The van der Waals surface area contributed by atoms with Crippen molar-refractivity contribution in [2.75, 3.05) is 56.2 Å². The van der Waals surface area contributed by atoms with Crippen LogP contribution >= 0.6 is 0 Å². The second kappa shape index (κ2) is 8.98. The van der Waals surface area contributed by atoms with Crippen LogP contribution < -0.4 is 14.5 Å². The van der Waals surface area contributed by atoms with Crippen molar-refractivity contribution < 1.29 is 9.53 Å². The SMILES string of the molecule is COc1ccc(N2CCN(C(=O)[C@@H]3CCCN(c4cnc5nccnc5c4)C3)CC2)cc1. The number of carbonyl (C=O) groups is 1. The summed E-state index contributed by atoms with van der Waals surface area (Å²) in [6, 6.07) is 10.2. The van der Waals surface area contributed by atoms with Crippen LogP contribution in [-0.2, 0) is 4.79 Å². The minimum atomic E-state index is 0.0221. The van der Waals surface area contributed by atoms with Gasteiger partial charge in [-0.05, 0) is 43.2 Å². The lowest BCUT2D eigenvalue weighted by atomic mass is 9.95. The molecule has 1 atom stereocenters. The Hall–Kier alpha value is -3.42. The summed E-state index contributed by atoms with van der Waals surface area (Å²) in [5, 5.41) is 0. The van der Waals surface area contributed by atoms with E-state index in [0.717, 1.165) is 69.1 Å². The molecule has 0 N–H and O–H groups in total. The van der Waals surface area contributed by atoms with Crippen LogP contribution in [0.2, 0.25) is 0 Å². The molecule has 5 rings (SSSR count). The fourth-order valence-corrected chi connectivity index (χ4v) is 4.67.